The third kappa shape index (κ3) is 3.97. The Morgan fingerprint density at radius 3 is 2.89 bits per heavy atom. The van der Waals surface area contributed by atoms with Crippen LogP contribution in [0.2, 0.25) is 0 Å². The second-order valence-electron chi connectivity index (χ2n) is 7.72. The lowest BCUT2D eigenvalue weighted by Gasteiger charge is -2.31. The summed E-state index contributed by atoms with van der Waals surface area (Å²) in [5.41, 5.74) is 1.70. The van der Waals surface area contributed by atoms with E-state index in [1.165, 1.54) is 0 Å². The van der Waals surface area contributed by atoms with Crippen molar-refractivity contribution in [3.05, 3.63) is 47.5 Å². The molecule has 0 amide bonds. The van der Waals surface area contributed by atoms with E-state index in [2.05, 4.69) is 0 Å². The van der Waals surface area contributed by atoms with E-state index in [0.29, 0.717) is 13.2 Å². The van der Waals surface area contributed by atoms with Crippen LogP contribution in [0.5, 0.6) is 0 Å². The molecule has 1 aromatic carbocycles. The molecule has 1 unspecified atom stereocenters. The van der Waals surface area contributed by atoms with Crippen LogP contribution in [0.1, 0.15) is 44.2 Å². The van der Waals surface area contributed by atoms with Crippen LogP contribution in [0.15, 0.2) is 36.4 Å². The predicted molar refractivity (Wildman–Crippen MR) is 97.6 cm³/mol. The van der Waals surface area contributed by atoms with Gasteiger partial charge in [-0.2, -0.15) is 0 Å². The molecule has 3 heterocycles. The standard InChI is InChI=1S/C21H28O6/c1-20(2)26-17(10-7-13-24-18-11-5-6-12-23-18)19(27-20)21(22)16-9-4-3-8-15(16)14-25-21/h3-4,7-10,17-19,22H,5-6,11-14H2,1-2H3/b10-7+/t17-,18?,19-,21+/m1/s1. The van der Waals surface area contributed by atoms with Crippen LogP contribution in [0, 0.1) is 0 Å². The first-order chi connectivity index (χ1) is 13.0. The fourth-order valence-electron chi connectivity index (χ4n) is 3.92. The van der Waals surface area contributed by atoms with Gasteiger partial charge in [-0.05, 0) is 38.7 Å². The highest BCUT2D eigenvalue weighted by Crippen LogP contribution is 2.45. The third-order valence-electron chi connectivity index (χ3n) is 5.21. The van der Waals surface area contributed by atoms with Crippen molar-refractivity contribution in [2.75, 3.05) is 13.2 Å². The number of hydrogen-bond acceptors (Lipinski definition) is 6. The van der Waals surface area contributed by atoms with Crippen molar-refractivity contribution in [1.82, 2.24) is 0 Å². The molecule has 0 aromatic heterocycles. The van der Waals surface area contributed by atoms with Crippen LogP contribution in [0.3, 0.4) is 0 Å². The summed E-state index contributed by atoms with van der Waals surface area (Å²) in [6, 6.07) is 7.66. The quantitative estimate of drug-likeness (QED) is 0.797. The molecule has 1 N–H and O–H groups in total. The zero-order valence-corrected chi connectivity index (χ0v) is 15.9. The van der Waals surface area contributed by atoms with Gasteiger partial charge in [0.05, 0.1) is 13.2 Å². The largest absolute Gasteiger partial charge is 0.360 e. The van der Waals surface area contributed by atoms with E-state index in [4.69, 9.17) is 23.7 Å². The number of rotatable bonds is 5. The van der Waals surface area contributed by atoms with E-state index in [9.17, 15) is 5.11 Å². The molecule has 0 radical (unpaired) electrons. The van der Waals surface area contributed by atoms with Gasteiger partial charge in [0.2, 0.25) is 5.79 Å². The summed E-state index contributed by atoms with van der Waals surface area (Å²) in [6.45, 7) is 5.21. The van der Waals surface area contributed by atoms with Crippen molar-refractivity contribution in [2.24, 2.45) is 0 Å². The molecule has 4 rings (SSSR count). The highest BCUT2D eigenvalue weighted by molar-refractivity contribution is 5.35. The first-order valence-electron chi connectivity index (χ1n) is 9.68. The summed E-state index contributed by atoms with van der Waals surface area (Å²) in [4.78, 5) is 0. The fraction of sp³-hybridized carbons (Fsp3) is 0.619. The van der Waals surface area contributed by atoms with E-state index in [-0.39, 0.29) is 6.29 Å². The number of hydrogen-bond donors (Lipinski definition) is 1. The monoisotopic (exact) mass is 376 g/mol. The normalized spacial score (nSPS) is 35.6. The number of fused-ring (bicyclic) bond motifs is 1. The molecule has 6 nitrogen and oxygen atoms in total. The number of benzene rings is 1. The summed E-state index contributed by atoms with van der Waals surface area (Å²) in [5, 5.41) is 11.3. The lowest BCUT2D eigenvalue weighted by molar-refractivity contribution is -0.275. The Morgan fingerprint density at radius 1 is 1.22 bits per heavy atom. The molecule has 2 saturated heterocycles. The molecule has 3 aliphatic rings. The van der Waals surface area contributed by atoms with Gasteiger partial charge >= 0.3 is 0 Å². The maximum absolute atomic E-state index is 11.3. The topological polar surface area (TPSA) is 66.4 Å². The van der Waals surface area contributed by atoms with E-state index in [1.54, 1.807) is 0 Å². The molecule has 3 aliphatic heterocycles. The van der Waals surface area contributed by atoms with Crippen molar-refractivity contribution >= 4 is 0 Å². The van der Waals surface area contributed by atoms with Gasteiger partial charge in [-0.15, -0.1) is 0 Å². The SMILES string of the molecule is CC1(C)O[C@@H]([C@@]2(O)OCc3ccccc32)[C@@H](/C=C/COC2CCCCO2)O1. The molecule has 2 fully saturated rings. The van der Waals surface area contributed by atoms with Crippen LogP contribution in [0.4, 0.5) is 0 Å². The molecule has 6 heteroatoms. The minimum atomic E-state index is -1.54. The van der Waals surface area contributed by atoms with Gasteiger partial charge in [-0.1, -0.05) is 36.4 Å². The van der Waals surface area contributed by atoms with Crippen molar-refractivity contribution in [1.29, 1.82) is 0 Å². The van der Waals surface area contributed by atoms with Gasteiger partial charge in [0.1, 0.15) is 12.2 Å². The Morgan fingerprint density at radius 2 is 2.07 bits per heavy atom. The Kier molecular flexibility index (Phi) is 5.38. The number of ether oxygens (including phenoxy) is 5. The maximum atomic E-state index is 11.3. The average Bonchev–Trinajstić information content (AvgIpc) is 3.18. The second-order valence-corrected chi connectivity index (χ2v) is 7.72. The van der Waals surface area contributed by atoms with Gasteiger partial charge in [-0.25, -0.2) is 0 Å². The lowest BCUT2D eigenvalue weighted by Crippen LogP contribution is -2.45. The van der Waals surface area contributed by atoms with Crippen LogP contribution >= 0.6 is 0 Å². The van der Waals surface area contributed by atoms with E-state index >= 15 is 0 Å². The van der Waals surface area contributed by atoms with Gasteiger partial charge in [0.15, 0.2) is 12.1 Å². The van der Waals surface area contributed by atoms with Crippen molar-refractivity contribution < 1.29 is 28.8 Å². The molecule has 4 atom stereocenters. The van der Waals surface area contributed by atoms with Crippen LogP contribution in [0.25, 0.3) is 0 Å². The summed E-state index contributed by atoms with van der Waals surface area (Å²) in [7, 11) is 0. The molecule has 0 aliphatic carbocycles. The Hall–Kier alpha value is -1.28. The third-order valence-corrected chi connectivity index (χ3v) is 5.21. The van der Waals surface area contributed by atoms with E-state index < -0.39 is 23.8 Å². The zero-order chi connectivity index (χ0) is 18.9. The minimum Gasteiger partial charge on any atom is -0.360 e. The maximum Gasteiger partial charge on any atom is 0.223 e. The summed E-state index contributed by atoms with van der Waals surface area (Å²) in [6.07, 6.45) is 5.68. The second kappa shape index (κ2) is 7.62. The van der Waals surface area contributed by atoms with Crippen LogP contribution in [-0.4, -0.2) is 42.6 Å². The van der Waals surface area contributed by atoms with Crippen molar-refractivity contribution in [2.45, 2.75) is 69.8 Å². The van der Waals surface area contributed by atoms with Gasteiger partial charge < -0.3 is 28.8 Å². The highest BCUT2D eigenvalue weighted by Gasteiger charge is 2.55. The smallest absolute Gasteiger partial charge is 0.223 e. The molecule has 0 saturated carbocycles. The molecule has 148 valence electrons. The van der Waals surface area contributed by atoms with Gasteiger partial charge in [0.25, 0.3) is 0 Å². The lowest BCUT2D eigenvalue weighted by atomic mass is 9.94. The summed E-state index contributed by atoms with van der Waals surface area (Å²) < 4.78 is 29.1. The predicted octanol–water partition coefficient (Wildman–Crippen LogP) is 2.98. The summed E-state index contributed by atoms with van der Waals surface area (Å²) in [5.74, 6) is -2.35. The number of aliphatic hydroxyl groups is 1. The van der Waals surface area contributed by atoms with E-state index in [0.717, 1.165) is 37.0 Å². The Labute approximate surface area is 160 Å². The van der Waals surface area contributed by atoms with Crippen molar-refractivity contribution in [3.8, 4) is 0 Å². The summed E-state index contributed by atoms with van der Waals surface area (Å²) >= 11 is 0. The van der Waals surface area contributed by atoms with Gasteiger partial charge in [-0.3, -0.25) is 0 Å². The molecular weight excluding hydrogens is 348 g/mol. The Balaban J connectivity index is 1.45. The Bertz CT molecular complexity index is 681. The van der Waals surface area contributed by atoms with Crippen LogP contribution in [-0.2, 0) is 36.1 Å². The van der Waals surface area contributed by atoms with E-state index in [1.807, 2.05) is 50.3 Å². The first kappa shape index (κ1) is 19.1. The molecule has 0 spiro atoms. The first-order valence-corrected chi connectivity index (χ1v) is 9.68. The van der Waals surface area contributed by atoms with Crippen molar-refractivity contribution in [3.63, 3.8) is 0 Å². The zero-order valence-electron chi connectivity index (χ0n) is 15.9. The highest BCUT2D eigenvalue weighted by atomic mass is 16.8. The molecular formula is C21H28O6. The van der Waals surface area contributed by atoms with Gasteiger partial charge in [0, 0.05) is 12.2 Å². The van der Waals surface area contributed by atoms with Crippen LogP contribution < -0.4 is 0 Å². The average molecular weight is 376 g/mol. The minimum absolute atomic E-state index is 0.134. The molecule has 27 heavy (non-hydrogen) atoms. The molecule has 1 aromatic rings. The molecule has 0 bridgehead atoms. The fourth-order valence-corrected chi connectivity index (χ4v) is 3.92.